The molecule has 7 heteroatoms. The van der Waals surface area contributed by atoms with Gasteiger partial charge in [-0.2, -0.15) is 0 Å². The second-order valence-corrected chi connectivity index (χ2v) is 6.84. The molecule has 0 heterocycles. The van der Waals surface area contributed by atoms with E-state index in [9.17, 15) is 14.4 Å². The minimum Gasteiger partial charge on any atom is -0.465 e. The number of rotatable bonds is 5. The summed E-state index contributed by atoms with van der Waals surface area (Å²) in [6.07, 6.45) is 0.470. The summed E-state index contributed by atoms with van der Waals surface area (Å²) in [5.74, 6) is -1.81. The Morgan fingerprint density at radius 2 is 1.63 bits per heavy atom. The fourth-order valence-corrected chi connectivity index (χ4v) is 2.97. The number of aryl methyl sites for hydroxylation is 1. The van der Waals surface area contributed by atoms with E-state index in [-0.39, 0.29) is 23.3 Å². The van der Waals surface area contributed by atoms with Gasteiger partial charge in [-0.05, 0) is 43.2 Å². The zero-order valence-corrected chi connectivity index (χ0v) is 15.7. The molecule has 2 atom stereocenters. The molecule has 2 unspecified atom stereocenters. The highest BCUT2D eigenvalue weighted by Gasteiger charge is 2.48. The molecule has 6 nitrogen and oxygen atoms in total. The van der Waals surface area contributed by atoms with Crippen LogP contribution in [0.3, 0.4) is 0 Å². The van der Waals surface area contributed by atoms with E-state index in [1.807, 2.05) is 31.2 Å². The molecule has 1 saturated carbocycles. The second kappa shape index (κ2) is 7.80. The van der Waals surface area contributed by atoms with Gasteiger partial charge in [-0.15, -0.1) is 0 Å². The molecule has 3 rings (SSSR count). The quantitative estimate of drug-likeness (QED) is 0.768. The molecule has 27 heavy (non-hydrogen) atoms. The topological polar surface area (TPSA) is 84.5 Å². The number of carbonyl (C=O) groups is 3. The van der Waals surface area contributed by atoms with Crippen molar-refractivity contribution in [1.29, 1.82) is 0 Å². The maximum atomic E-state index is 12.4. The summed E-state index contributed by atoms with van der Waals surface area (Å²) in [5.41, 5.74) is 2.29. The fourth-order valence-electron chi connectivity index (χ4n) is 2.80. The van der Waals surface area contributed by atoms with E-state index in [4.69, 9.17) is 11.6 Å². The van der Waals surface area contributed by atoms with Crippen molar-refractivity contribution in [3.05, 3.63) is 58.6 Å². The van der Waals surface area contributed by atoms with Crippen molar-refractivity contribution in [2.45, 2.75) is 13.3 Å². The van der Waals surface area contributed by atoms with Gasteiger partial charge in [-0.25, -0.2) is 4.79 Å². The standard InChI is InChI=1S/C20H19ClN2O4/c1-11-5-3-4-6-16(11)22-18(24)13-10-14(13)19(25)23-17-9-12(20(26)27-2)7-8-15(17)21/h3-9,13-14H,10H2,1-2H3,(H,22,24)(H,23,25). The van der Waals surface area contributed by atoms with Crippen LogP contribution >= 0.6 is 11.6 Å². The summed E-state index contributed by atoms with van der Waals surface area (Å²) >= 11 is 6.09. The van der Waals surface area contributed by atoms with Gasteiger partial charge in [0.25, 0.3) is 0 Å². The lowest BCUT2D eigenvalue weighted by Gasteiger charge is -2.10. The van der Waals surface area contributed by atoms with Crippen molar-refractivity contribution in [2.75, 3.05) is 17.7 Å². The summed E-state index contributed by atoms with van der Waals surface area (Å²) in [5, 5.41) is 5.85. The lowest BCUT2D eigenvalue weighted by molar-refractivity contribution is -0.122. The van der Waals surface area contributed by atoms with Gasteiger partial charge in [-0.1, -0.05) is 29.8 Å². The second-order valence-electron chi connectivity index (χ2n) is 6.43. The zero-order valence-electron chi connectivity index (χ0n) is 14.9. The van der Waals surface area contributed by atoms with E-state index in [1.165, 1.54) is 25.3 Å². The Labute approximate surface area is 161 Å². The first kappa shape index (κ1) is 18.9. The third-order valence-corrected chi connectivity index (χ3v) is 4.84. The predicted octanol–water partition coefficient (Wildman–Crippen LogP) is 3.65. The summed E-state index contributed by atoms with van der Waals surface area (Å²) < 4.78 is 4.66. The van der Waals surface area contributed by atoms with Crippen LogP contribution < -0.4 is 10.6 Å². The third kappa shape index (κ3) is 4.28. The van der Waals surface area contributed by atoms with Crippen molar-refractivity contribution in [3.8, 4) is 0 Å². The van der Waals surface area contributed by atoms with Gasteiger partial charge in [-0.3, -0.25) is 9.59 Å². The number of para-hydroxylation sites is 1. The molecule has 0 spiro atoms. The molecule has 1 fully saturated rings. The van der Waals surface area contributed by atoms with Crippen LogP contribution in [0.5, 0.6) is 0 Å². The molecular formula is C20H19ClN2O4. The van der Waals surface area contributed by atoms with Crippen molar-refractivity contribution in [3.63, 3.8) is 0 Å². The number of nitrogens with one attached hydrogen (secondary N) is 2. The Balaban J connectivity index is 1.63. The normalized spacial score (nSPS) is 17.7. The maximum Gasteiger partial charge on any atom is 0.337 e. The van der Waals surface area contributed by atoms with Gasteiger partial charge in [0.15, 0.2) is 0 Å². The van der Waals surface area contributed by atoms with E-state index in [1.54, 1.807) is 0 Å². The summed E-state index contributed by atoms with van der Waals surface area (Å²) in [6, 6.07) is 11.9. The Bertz CT molecular complexity index is 913. The van der Waals surface area contributed by atoms with Crippen molar-refractivity contribution in [1.82, 2.24) is 0 Å². The largest absolute Gasteiger partial charge is 0.465 e. The predicted molar refractivity (Wildman–Crippen MR) is 103 cm³/mol. The highest BCUT2D eigenvalue weighted by molar-refractivity contribution is 6.34. The number of esters is 1. The molecule has 0 bridgehead atoms. The third-order valence-electron chi connectivity index (χ3n) is 4.51. The molecule has 1 aliphatic rings. The van der Waals surface area contributed by atoms with Gasteiger partial charge in [0.2, 0.25) is 11.8 Å². The van der Waals surface area contributed by atoms with Gasteiger partial charge >= 0.3 is 5.97 Å². The number of halogens is 1. The smallest absolute Gasteiger partial charge is 0.337 e. The van der Waals surface area contributed by atoms with Crippen LogP contribution in [0.15, 0.2) is 42.5 Å². The monoisotopic (exact) mass is 386 g/mol. The van der Waals surface area contributed by atoms with Crippen LogP contribution in [0, 0.1) is 18.8 Å². The Kier molecular flexibility index (Phi) is 5.46. The van der Waals surface area contributed by atoms with Crippen LogP contribution in [0.4, 0.5) is 11.4 Å². The number of anilines is 2. The minimum absolute atomic E-state index is 0.182. The number of carbonyl (C=O) groups excluding carboxylic acids is 3. The molecular weight excluding hydrogens is 368 g/mol. The van der Waals surface area contributed by atoms with Crippen molar-refractivity contribution < 1.29 is 19.1 Å². The average Bonchev–Trinajstić information content (AvgIpc) is 3.46. The number of benzene rings is 2. The lowest BCUT2D eigenvalue weighted by Crippen LogP contribution is -2.21. The lowest BCUT2D eigenvalue weighted by atomic mass is 10.2. The number of amides is 2. The minimum atomic E-state index is -0.524. The van der Waals surface area contributed by atoms with E-state index >= 15 is 0 Å². The number of methoxy groups -OCH3 is 1. The molecule has 0 aromatic heterocycles. The molecule has 2 amide bonds. The highest BCUT2D eigenvalue weighted by Crippen LogP contribution is 2.41. The number of hydrogen-bond acceptors (Lipinski definition) is 4. The molecule has 0 saturated heterocycles. The Hall–Kier alpha value is -2.86. The molecule has 2 N–H and O–H groups in total. The summed E-state index contributed by atoms with van der Waals surface area (Å²) in [7, 11) is 1.27. The van der Waals surface area contributed by atoms with Crippen molar-refractivity contribution >= 4 is 40.8 Å². The molecule has 0 radical (unpaired) electrons. The first-order valence-corrected chi connectivity index (χ1v) is 8.83. The van der Waals surface area contributed by atoms with Crippen LogP contribution in [-0.4, -0.2) is 24.9 Å². The van der Waals surface area contributed by atoms with Crippen LogP contribution in [-0.2, 0) is 14.3 Å². The number of ether oxygens (including phenoxy) is 1. The van der Waals surface area contributed by atoms with Crippen LogP contribution in [0.1, 0.15) is 22.3 Å². The van der Waals surface area contributed by atoms with Crippen LogP contribution in [0.25, 0.3) is 0 Å². The molecule has 2 aromatic rings. The van der Waals surface area contributed by atoms with E-state index in [0.717, 1.165) is 11.3 Å². The summed E-state index contributed by atoms with van der Waals surface area (Å²) in [6.45, 7) is 1.91. The SMILES string of the molecule is COC(=O)c1ccc(Cl)c(NC(=O)C2CC2C(=O)Nc2ccccc2C)c1. The van der Waals surface area contributed by atoms with Gasteiger partial charge in [0.05, 0.1) is 35.2 Å². The molecule has 2 aromatic carbocycles. The van der Waals surface area contributed by atoms with Crippen LogP contribution in [0.2, 0.25) is 5.02 Å². The van der Waals surface area contributed by atoms with Gasteiger partial charge in [0.1, 0.15) is 0 Å². The number of hydrogen-bond donors (Lipinski definition) is 2. The van der Waals surface area contributed by atoms with Gasteiger partial charge < -0.3 is 15.4 Å². The highest BCUT2D eigenvalue weighted by atomic mass is 35.5. The zero-order chi connectivity index (χ0) is 19.6. The van der Waals surface area contributed by atoms with Crippen molar-refractivity contribution in [2.24, 2.45) is 11.8 Å². The first-order chi connectivity index (χ1) is 12.9. The first-order valence-electron chi connectivity index (χ1n) is 8.46. The summed E-state index contributed by atoms with van der Waals surface area (Å²) in [4.78, 5) is 36.4. The Morgan fingerprint density at radius 1 is 1.00 bits per heavy atom. The Morgan fingerprint density at radius 3 is 2.26 bits per heavy atom. The fraction of sp³-hybridized carbons (Fsp3) is 0.250. The average molecular weight is 387 g/mol. The van der Waals surface area contributed by atoms with E-state index < -0.39 is 11.9 Å². The molecule has 140 valence electrons. The molecule has 0 aliphatic heterocycles. The molecule has 1 aliphatic carbocycles. The van der Waals surface area contributed by atoms with E-state index in [0.29, 0.717) is 17.1 Å². The van der Waals surface area contributed by atoms with E-state index in [2.05, 4.69) is 15.4 Å². The maximum absolute atomic E-state index is 12.4. The van der Waals surface area contributed by atoms with Gasteiger partial charge in [0, 0.05) is 5.69 Å².